The SMILES string of the molecule is C[C@@H](Sc1nnc(COc2ccccc2F)n1-c1ccccc1)C(=O)Nc1ccc2c(c1)OCO2. The number of hydrogen-bond donors (Lipinski definition) is 1. The van der Waals surface area contributed by atoms with Crippen LogP contribution in [0, 0.1) is 5.82 Å². The van der Waals surface area contributed by atoms with Crippen LogP contribution in [0.4, 0.5) is 10.1 Å². The Balaban J connectivity index is 1.34. The van der Waals surface area contributed by atoms with Crippen LogP contribution in [-0.2, 0) is 11.4 Å². The molecule has 2 heterocycles. The molecule has 4 aromatic rings. The highest BCUT2D eigenvalue weighted by molar-refractivity contribution is 8.00. The van der Waals surface area contributed by atoms with E-state index in [1.165, 1.54) is 17.8 Å². The van der Waals surface area contributed by atoms with Gasteiger partial charge in [-0.15, -0.1) is 10.2 Å². The van der Waals surface area contributed by atoms with Crippen LogP contribution in [0.15, 0.2) is 78.0 Å². The fourth-order valence-corrected chi connectivity index (χ4v) is 4.33. The van der Waals surface area contributed by atoms with E-state index in [2.05, 4.69) is 15.5 Å². The second-order valence-corrected chi connectivity index (χ2v) is 8.91. The van der Waals surface area contributed by atoms with E-state index in [0.717, 1.165) is 5.69 Å². The number of para-hydroxylation sites is 2. The number of ether oxygens (including phenoxy) is 3. The Morgan fingerprint density at radius 2 is 1.86 bits per heavy atom. The van der Waals surface area contributed by atoms with Crippen molar-refractivity contribution < 1.29 is 23.4 Å². The number of aromatic nitrogens is 3. The first kappa shape index (κ1) is 22.7. The zero-order valence-corrected chi connectivity index (χ0v) is 19.5. The number of fused-ring (bicyclic) bond motifs is 1. The van der Waals surface area contributed by atoms with Crippen LogP contribution < -0.4 is 19.5 Å². The predicted molar refractivity (Wildman–Crippen MR) is 129 cm³/mol. The molecule has 0 radical (unpaired) electrons. The molecule has 1 aliphatic rings. The zero-order chi connectivity index (χ0) is 24.2. The van der Waals surface area contributed by atoms with Crippen molar-refractivity contribution in [1.82, 2.24) is 14.8 Å². The molecule has 178 valence electrons. The number of rotatable bonds is 8. The number of nitrogens with zero attached hydrogens (tertiary/aromatic N) is 3. The number of hydrogen-bond acceptors (Lipinski definition) is 7. The maximum absolute atomic E-state index is 14.0. The summed E-state index contributed by atoms with van der Waals surface area (Å²) in [6, 6.07) is 20.9. The molecule has 0 aliphatic carbocycles. The van der Waals surface area contributed by atoms with Gasteiger partial charge in [-0.05, 0) is 43.3 Å². The largest absolute Gasteiger partial charge is 0.483 e. The molecule has 0 unspecified atom stereocenters. The minimum atomic E-state index is -0.493. The number of carbonyl (C=O) groups excluding carboxylic acids is 1. The molecule has 8 nitrogen and oxygen atoms in total. The van der Waals surface area contributed by atoms with Crippen molar-refractivity contribution in [3.63, 3.8) is 0 Å². The van der Waals surface area contributed by atoms with Crippen molar-refractivity contribution in [2.24, 2.45) is 0 Å². The van der Waals surface area contributed by atoms with E-state index in [9.17, 15) is 9.18 Å². The number of anilines is 1. The van der Waals surface area contributed by atoms with E-state index in [1.54, 1.807) is 47.9 Å². The average Bonchev–Trinajstić information content (AvgIpc) is 3.50. The lowest BCUT2D eigenvalue weighted by atomic mass is 10.2. The number of carbonyl (C=O) groups is 1. The quantitative estimate of drug-likeness (QED) is 0.353. The lowest BCUT2D eigenvalue weighted by Crippen LogP contribution is -2.23. The number of benzene rings is 3. The van der Waals surface area contributed by atoms with Crippen LogP contribution in [0.1, 0.15) is 12.7 Å². The molecule has 5 rings (SSSR count). The third kappa shape index (κ3) is 5.07. The van der Waals surface area contributed by atoms with Crippen LogP contribution in [0.25, 0.3) is 5.69 Å². The molecule has 0 saturated carbocycles. The molecule has 1 atom stereocenters. The maximum atomic E-state index is 14.0. The van der Waals surface area contributed by atoms with Gasteiger partial charge in [0.05, 0.1) is 5.25 Å². The van der Waals surface area contributed by atoms with Crippen molar-refractivity contribution in [1.29, 1.82) is 0 Å². The Hall–Kier alpha value is -4.05. The molecule has 1 aliphatic heterocycles. The molecular weight excluding hydrogens is 471 g/mol. The summed E-state index contributed by atoms with van der Waals surface area (Å²) in [5, 5.41) is 11.5. The van der Waals surface area contributed by atoms with Gasteiger partial charge in [-0.3, -0.25) is 9.36 Å². The molecular formula is C25H21FN4O4S. The molecule has 1 amide bonds. The molecule has 3 aromatic carbocycles. The first-order chi connectivity index (χ1) is 17.1. The van der Waals surface area contributed by atoms with Gasteiger partial charge < -0.3 is 19.5 Å². The van der Waals surface area contributed by atoms with Crippen molar-refractivity contribution in [2.45, 2.75) is 23.9 Å². The Bertz CT molecular complexity index is 1350. The summed E-state index contributed by atoms with van der Waals surface area (Å²) >= 11 is 1.26. The van der Waals surface area contributed by atoms with Gasteiger partial charge in [-0.25, -0.2) is 4.39 Å². The summed E-state index contributed by atoms with van der Waals surface area (Å²) in [6.07, 6.45) is 0. The fourth-order valence-electron chi connectivity index (χ4n) is 3.44. The summed E-state index contributed by atoms with van der Waals surface area (Å²) < 4.78 is 32.1. The van der Waals surface area contributed by atoms with Gasteiger partial charge in [0.15, 0.2) is 34.0 Å². The van der Waals surface area contributed by atoms with Gasteiger partial charge in [0.1, 0.15) is 6.61 Å². The highest BCUT2D eigenvalue weighted by atomic mass is 32.2. The van der Waals surface area contributed by atoms with E-state index < -0.39 is 11.1 Å². The van der Waals surface area contributed by atoms with E-state index >= 15 is 0 Å². The van der Waals surface area contributed by atoms with Gasteiger partial charge >= 0.3 is 0 Å². The standard InChI is InChI=1S/C25H21FN4O4S/c1-16(24(31)27-17-11-12-21-22(13-17)34-15-33-21)35-25-29-28-23(30(25)18-7-3-2-4-8-18)14-32-20-10-6-5-9-19(20)26/h2-13,16H,14-15H2,1H3,(H,27,31)/t16-/m1/s1. The summed E-state index contributed by atoms with van der Waals surface area (Å²) in [5.74, 6) is 1.17. The number of nitrogens with one attached hydrogen (secondary N) is 1. The summed E-state index contributed by atoms with van der Waals surface area (Å²) in [6.45, 7) is 1.95. The number of halogens is 1. The van der Waals surface area contributed by atoms with E-state index in [-0.39, 0.29) is 25.1 Å². The smallest absolute Gasteiger partial charge is 0.237 e. The second-order valence-electron chi connectivity index (χ2n) is 7.61. The highest BCUT2D eigenvalue weighted by Crippen LogP contribution is 2.34. The van der Waals surface area contributed by atoms with Crippen LogP contribution >= 0.6 is 11.8 Å². The third-order valence-electron chi connectivity index (χ3n) is 5.20. The summed E-state index contributed by atoms with van der Waals surface area (Å²) in [5.41, 5.74) is 1.41. The van der Waals surface area contributed by atoms with Gasteiger partial charge in [0.25, 0.3) is 0 Å². The Morgan fingerprint density at radius 3 is 2.69 bits per heavy atom. The van der Waals surface area contributed by atoms with Crippen LogP contribution in [0.2, 0.25) is 0 Å². The molecule has 10 heteroatoms. The topological polar surface area (TPSA) is 87.5 Å². The molecule has 35 heavy (non-hydrogen) atoms. The molecule has 0 spiro atoms. The minimum absolute atomic E-state index is 0.00115. The third-order valence-corrected chi connectivity index (χ3v) is 6.24. The number of amides is 1. The second kappa shape index (κ2) is 10.1. The Kier molecular flexibility index (Phi) is 6.53. The van der Waals surface area contributed by atoms with Crippen molar-refractivity contribution >= 4 is 23.4 Å². The maximum Gasteiger partial charge on any atom is 0.237 e. The zero-order valence-electron chi connectivity index (χ0n) is 18.7. The fraction of sp³-hybridized carbons (Fsp3) is 0.160. The molecule has 0 fully saturated rings. The number of thioether (sulfide) groups is 1. The average molecular weight is 493 g/mol. The highest BCUT2D eigenvalue weighted by Gasteiger charge is 2.22. The molecule has 1 aromatic heterocycles. The monoisotopic (exact) mass is 492 g/mol. The lowest BCUT2D eigenvalue weighted by Gasteiger charge is -2.14. The normalized spacial score (nSPS) is 12.9. The summed E-state index contributed by atoms with van der Waals surface area (Å²) in [4.78, 5) is 12.9. The van der Waals surface area contributed by atoms with Crippen LogP contribution in [-0.4, -0.2) is 32.7 Å². The van der Waals surface area contributed by atoms with E-state index in [1.807, 2.05) is 30.3 Å². The van der Waals surface area contributed by atoms with Gasteiger partial charge in [0, 0.05) is 17.4 Å². The van der Waals surface area contributed by atoms with Crippen molar-refractivity contribution in [3.8, 4) is 22.9 Å². The van der Waals surface area contributed by atoms with Gasteiger partial charge in [-0.1, -0.05) is 42.1 Å². The van der Waals surface area contributed by atoms with Crippen molar-refractivity contribution in [3.05, 3.63) is 84.4 Å². The molecule has 0 saturated heterocycles. The summed E-state index contributed by atoms with van der Waals surface area (Å²) in [7, 11) is 0. The lowest BCUT2D eigenvalue weighted by molar-refractivity contribution is -0.115. The van der Waals surface area contributed by atoms with Crippen LogP contribution in [0.3, 0.4) is 0 Å². The molecule has 1 N–H and O–H groups in total. The Labute approximate surface area is 205 Å². The first-order valence-corrected chi connectivity index (χ1v) is 11.7. The van der Waals surface area contributed by atoms with Gasteiger partial charge in [-0.2, -0.15) is 0 Å². The van der Waals surface area contributed by atoms with Gasteiger partial charge in [0.2, 0.25) is 12.7 Å². The molecule has 0 bridgehead atoms. The van der Waals surface area contributed by atoms with Crippen molar-refractivity contribution in [2.75, 3.05) is 12.1 Å². The van der Waals surface area contributed by atoms with E-state index in [0.29, 0.717) is 28.2 Å². The Morgan fingerprint density at radius 1 is 1.09 bits per heavy atom. The van der Waals surface area contributed by atoms with Crippen LogP contribution in [0.5, 0.6) is 17.2 Å². The first-order valence-electron chi connectivity index (χ1n) is 10.8. The van der Waals surface area contributed by atoms with E-state index in [4.69, 9.17) is 14.2 Å². The minimum Gasteiger partial charge on any atom is -0.483 e. The predicted octanol–water partition coefficient (Wildman–Crippen LogP) is 4.83.